The molecular weight excluding hydrogens is 428 g/mol. The lowest BCUT2D eigenvalue weighted by Crippen LogP contribution is -2.25. The van der Waals surface area contributed by atoms with E-state index in [9.17, 15) is 9.59 Å². The Morgan fingerprint density at radius 3 is 2.82 bits per heavy atom. The molecule has 5 heterocycles. The largest absolute Gasteiger partial charge is 0.454 e. The number of pyridine rings is 2. The van der Waals surface area contributed by atoms with Gasteiger partial charge in [-0.3, -0.25) is 14.3 Å². The van der Waals surface area contributed by atoms with Gasteiger partial charge in [-0.05, 0) is 55.8 Å². The molecule has 34 heavy (non-hydrogen) atoms. The molecule has 0 fully saturated rings. The zero-order valence-corrected chi connectivity index (χ0v) is 18.9. The Balaban J connectivity index is 1.70. The smallest absolute Gasteiger partial charge is 0.259 e. The molecule has 1 aliphatic rings. The van der Waals surface area contributed by atoms with Crippen molar-refractivity contribution < 1.29 is 4.42 Å². The maximum atomic E-state index is 13.9. The summed E-state index contributed by atoms with van der Waals surface area (Å²) in [5, 5.41) is 5.92. The molecule has 4 aromatic heterocycles. The predicted octanol–water partition coefficient (Wildman–Crippen LogP) is 5.13. The van der Waals surface area contributed by atoms with E-state index >= 15 is 0 Å². The summed E-state index contributed by atoms with van der Waals surface area (Å²) in [6, 6.07) is 13.1. The summed E-state index contributed by atoms with van der Waals surface area (Å²) in [5.41, 5.74) is 5.78. The zero-order chi connectivity index (χ0) is 23.1. The van der Waals surface area contributed by atoms with Crippen LogP contribution in [0.1, 0.15) is 31.9 Å². The van der Waals surface area contributed by atoms with Crippen molar-refractivity contribution >= 4 is 44.0 Å². The van der Waals surface area contributed by atoms with Gasteiger partial charge in [-0.25, -0.2) is 4.98 Å². The summed E-state index contributed by atoms with van der Waals surface area (Å²) >= 11 is 0. The summed E-state index contributed by atoms with van der Waals surface area (Å²) in [4.78, 5) is 30.9. The minimum Gasteiger partial charge on any atom is -0.454 e. The molecule has 0 bridgehead atoms. The fraction of sp³-hybridized carbons (Fsp3) is 0.222. The van der Waals surface area contributed by atoms with Gasteiger partial charge in [-0.1, -0.05) is 18.2 Å². The van der Waals surface area contributed by atoms with Gasteiger partial charge in [0.2, 0.25) is 0 Å². The number of aryl methyl sites for hydroxylation is 2. The quantitative estimate of drug-likeness (QED) is 0.396. The van der Waals surface area contributed by atoms with Crippen molar-refractivity contribution in [2.24, 2.45) is 0 Å². The number of hydrogen-bond donors (Lipinski definition) is 1. The third-order valence-electron chi connectivity index (χ3n) is 6.98. The van der Waals surface area contributed by atoms with E-state index in [1.54, 1.807) is 6.07 Å². The molecule has 0 spiro atoms. The minimum atomic E-state index is -0.125. The Kier molecular flexibility index (Phi) is 3.81. The van der Waals surface area contributed by atoms with E-state index in [-0.39, 0.29) is 17.0 Å². The van der Waals surface area contributed by atoms with Gasteiger partial charge in [0.05, 0.1) is 11.1 Å². The number of aromatic amines is 1. The van der Waals surface area contributed by atoms with E-state index in [1.165, 1.54) is 17.7 Å². The summed E-state index contributed by atoms with van der Waals surface area (Å²) in [5.74, 6) is 0. The molecule has 0 aliphatic carbocycles. The van der Waals surface area contributed by atoms with Crippen LogP contribution in [0.2, 0.25) is 0 Å². The van der Waals surface area contributed by atoms with Crippen LogP contribution in [0.3, 0.4) is 0 Å². The van der Waals surface area contributed by atoms with E-state index in [4.69, 9.17) is 9.40 Å². The Morgan fingerprint density at radius 1 is 1.09 bits per heavy atom. The number of aromatic nitrogens is 4. The van der Waals surface area contributed by atoms with Crippen molar-refractivity contribution in [3.05, 3.63) is 74.8 Å². The highest BCUT2D eigenvalue weighted by Gasteiger charge is 2.25. The zero-order valence-electron chi connectivity index (χ0n) is 18.9. The number of para-hydroxylation sites is 1. The number of furan rings is 1. The van der Waals surface area contributed by atoms with Crippen LogP contribution in [0, 0.1) is 0 Å². The van der Waals surface area contributed by atoms with E-state index in [0.717, 1.165) is 40.2 Å². The van der Waals surface area contributed by atoms with Crippen molar-refractivity contribution in [1.82, 2.24) is 19.3 Å². The molecule has 7 heteroatoms. The van der Waals surface area contributed by atoms with E-state index in [0.29, 0.717) is 34.4 Å². The van der Waals surface area contributed by atoms with Crippen LogP contribution in [-0.4, -0.2) is 19.3 Å². The topological polar surface area (TPSA) is 85.8 Å². The van der Waals surface area contributed by atoms with Gasteiger partial charge in [0.25, 0.3) is 5.56 Å². The lowest BCUT2D eigenvalue weighted by Gasteiger charge is -2.20. The lowest BCUT2D eigenvalue weighted by molar-refractivity contribution is 0.547. The number of fused-ring (bicyclic) bond motifs is 4. The molecule has 1 N–H and O–H groups in total. The Labute approximate surface area is 193 Å². The molecule has 0 amide bonds. The van der Waals surface area contributed by atoms with Crippen molar-refractivity contribution in [2.75, 3.05) is 0 Å². The molecule has 7 nitrogen and oxygen atoms in total. The summed E-state index contributed by atoms with van der Waals surface area (Å²) in [7, 11) is 0. The monoisotopic (exact) mass is 450 g/mol. The number of hydrogen-bond acceptors (Lipinski definition) is 4. The van der Waals surface area contributed by atoms with E-state index in [1.807, 2.05) is 21.5 Å². The molecule has 6 aromatic rings. The number of nitrogens with zero attached hydrogens (tertiary/aromatic N) is 3. The lowest BCUT2D eigenvalue weighted by atomic mass is 9.97. The standard InChI is InChI=1S/C27H22N4O3/c1-14(2)31-26-20(13-28-31)22(25-23(29-26)18-9-8-17(32)12-21(18)34-25)19-11-16-6-3-5-15-7-4-10-30(24(15)16)27(19)33/h3,5-6,8-9,11-14,28H,4,7,10H2,1-2H3. The molecule has 7 rings (SSSR count). The first-order chi connectivity index (χ1) is 16.5. The summed E-state index contributed by atoms with van der Waals surface area (Å²) < 4.78 is 10.1. The normalized spacial score (nSPS) is 13.7. The van der Waals surface area contributed by atoms with E-state index < -0.39 is 0 Å². The van der Waals surface area contributed by atoms with Crippen LogP contribution >= 0.6 is 0 Å². The van der Waals surface area contributed by atoms with Gasteiger partial charge in [0, 0.05) is 41.2 Å². The average molecular weight is 450 g/mol. The van der Waals surface area contributed by atoms with Crippen LogP contribution in [-0.2, 0) is 13.0 Å². The van der Waals surface area contributed by atoms with Crippen LogP contribution in [0.15, 0.2) is 62.7 Å². The maximum absolute atomic E-state index is 13.9. The van der Waals surface area contributed by atoms with Gasteiger partial charge < -0.3 is 14.1 Å². The van der Waals surface area contributed by atoms with Gasteiger partial charge in [0.15, 0.2) is 16.7 Å². The van der Waals surface area contributed by atoms with Gasteiger partial charge in [-0.2, -0.15) is 0 Å². The van der Waals surface area contributed by atoms with Gasteiger partial charge in [-0.15, -0.1) is 0 Å². The molecule has 0 unspecified atom stereocenters. The highest BCUT2D eigenvalue weighted by Crippen LogP contribution is 2.39. The minimum absolute atomic E-state index is 0.0317. The molecule has 168 valence electrons. The molecular formula is C27H22N4O3. The van der Waals surface area contributed by atoms with Gasteiger partial charge in [0.1, 0.15) is 11.1 Å². The second kappa shape index (κ2) is 6.70. The van der Waals surface area contributed by atoms with Gasteiger partial charge >= 0.3 is 0 Å². The number of nitrogens with one attached hydrogen (secondary N) is 1. The van der Waals surface area contributed by atoms with Crippen LogP contribution < -0.4 is 11.0 Å². The summed E-state index contributed by atoms with van der Waals surface area (Å²) in [6.45, 7) is 4.85. The Bertz CT molecular complexity index is 1920. The number of rotatable bonds is 2. The van der Waals surface area contributed by atoms with Crippen molar-refractivity contribution in [3.8, 4) is 11.1 Å². The van der Waals surface area contributed by atoms with Crippen molar-refractivity contribution in [3.63, 3.8) is 0 Å². The average Bonchev–Trinajstić information content (AvgIpc) is 3.41. The molecule has 0 saturated heterocycles. The van der Waals surface area contributed by atoms with Crippen LogP contribution in [0.25, 0.3) is 55.1 Å². The third kappa shape index (κ3) is 2.49. The van der Waals surface area contributed by atoms with Crippen LogP contribution in [0.5, 0.6) is 0 Å². The molecule has 0 radical (unpaired) electrons. The SMILES string of the molecule is CC(C)n1[nH]cc2c(-c3cc4cccc5c4n(c3=O)CCC5)c3oc4cc(=O)ccc4c3nc21. The first-order valence-corrected chi connectivity index (χ1v) is 11.6. The molecule has 0 atom stereocenters. The Hall–Kier alpha value is -4.13. The first-order valence-electron chi connectivity index (χ1n) is 11.6. The Morgan fingerprint density at radius 2 is 1.97 bits per heavy atom. The number of benzene rings is 2. The first kappa shape index (κ1) is 19.3. The second-order valence-electron chi connectivity index (χ2n) is 9.37. The highest BCUT2D eigenvalue weighted by atomic mass is 16.3. The molecule has 1 aliphatic heterocycles. The number of H-pyrrole nitrogens is 1. The third-order valence-corrected chi connectivity index (χ3v) is 6.98. The fourth-order valence-electron chi connectivity index (χ4n) is 5.46. The maximum Gasteiger partial charge on any atom is 0.259 e. The second-order valence-corrected chi connectivity index (χ2v) is 9.37. The van der Waals surface area contributed by atoms with Crippen molar-refractivity contribution in [2.45, 2.75) is 39.3 Å². The summed E-state index contributed by atoms with van der Waals surface area (Å²) in [6.07, 6.45) is 3.80. The van der Waals surface area contributed by atoms with Crippen LogP contribution in [0.4, 0.5) is 0 Å². The van der Waals surface area contributed by atoms with Crippen molar-refractivity contribution in [1.29, 1.82) is 0 Å². The predicted molar refractivity (Wildman–Crippen MR) is 134 cm³/mol. The molecule has 2 aromatic carbocycles. The highest BCUT2D eigenvalue weighted by molar-refractivity contribution is 6.14. The van der Waals surface area contributed by atoms with E-state index in [2.05, 4.69) is 37.1 Å². The molecule has 0 saturated carbocycles. The fourth-order valence-corrected chi connectivity index (χ4v) is 5.46.